The van der Waals surface area contributed by atoms with Crippen LogP contribution in [-0.2, 0) is 16.1 Å². The number of nitrogens with one attached hydrogen (secondary N) is 1. The van der Waals surface area contributed by atoms with Crippen molar-refractivity contribution in [2.75, 3.05) is 32.0 Å². The first-order valence-electron chi connectivity index (χ1n) is 10.3. The third kappa shape index (κ3) is 5.85. The van der Waals surface area contributed by atoms with Crippen molar-refractivity contribution in [1.82, 2.24) is 14.7 Å². The van der Waals surface area contributed by atoms with Gasteiger partial charge in [-0.15, -0.1) is 0 Å². The predicted octanol–water partition coefficient (Wildman–Crippen LogP) is 2.25. The summed E-state index contributed by atoms with van der Waals surface area (Å²) in [4.78, 5) is 53.0. The zero-order chi connectivity index (χ0) is 24.1. The van der Waals surface area contributed by atoms with E-state index in [1.165, 1.54) is 22.8 Å². The number of anilines is 1. The molecule has 2 aromatic rings. The number of halogens is 1. The van der Waals surface area contributed by atoms with Crippen molar-refractivity contribution >= 4 is 29.5 Å². The molecule has 0 radical (unpaired) electrons. The topological polar surface area (TPSA) is 110 Å². The lowest BCUT2D eigenvalue weighted by Gasteiger charge is -2.40. The highest BCUT2D eigenvalue weighted by atomic mass is 19.1. The molecule has 1 saturated heterocycles. The number of hydrogen-bond acceptors (Lipinski definition) is 4. The van der Waals surface area contributed by atoms with Gasteiger partial charge in [-0.05, 0) is 23.8 Å². The van der Waals surface area contributed by atoms with Crippen LogP contribution < -0.4 is 5.32 Å². The van der Waals surface area contributed by atoms with Crippen LogP contribution in [0.3, 0.4) is 0 Å². The van der Waals surface area contributed by atoms with Crippen molar-refractivity contribution in [3.05, 3.63) is 65.5 Å². The van der Waals surface area contributed by atoms with Gasteiger partial charge in [0.15, 0.2) is 0 Å². The smallest absolute Gasteiger partial charge is 0.408 e. The van der Waals surface area contributed by atoms with Gasteiger partial charge in [-0.2, -0.15) is 0 Å². The van der Waals surface area contributed by atoms with E-state index in [0.717, 1.165) is 22.6 Å². The first-order chi connectivity index (χ1) is 15.7. The lowest BCUT2D eigenvalue weighted by atomic mass is 10.1. The fourth-order valence-electron chi connectivity index (χ4n) is 3.77. The third-order valence-electron chi connectivity index (χ3n) is 5.30. The Hall–Kier alpha value is -3.95. The Morgan fingerprint density at radius 2 is 1.82 bits per heavy atom. The Kier molecular flexibility index (Phi) is 7.27. The average Bonchev–Trinajstić information content (AvgIpc) is 2.77. The minimum atomic E-state index is -1.26. The Balaban J connectivity index is 1.79. The summed E-state index contributed by atoms with van der Waals surface area (Å²) in [5.74, 6) is -2.13. The largest absolute Gasteiger partial charge is 0.465 e. The van der Waals surface area contributed by atoms with Crippen LogP contribution in [0.5, 0.6) is 0 Å². The molecule has 0 aliphatic carbocycles. The zero-order valence-corrected chi connectivity index (χ0v) is 18.3. The van der Waals surface area contributed by atoms with Gasteiger partial charge in [-0.3, -0.25) is 19.3 Å². The quantitative estimate of drug-likeness (QED) is 0.717. The summed E-state index contributed by atoms with van der Waals surface area (Å²) in [7, 11) is 1.57. The molecule has 3 rings (SSSR count). The molecule has 0 aromatic heterocycles. The summed E-state index contributed by atoms with van der Waals surface area (Å²) in [6, 6.07) is 11.6. The van der Waals surface area contributed by atoms with E-state index in [1.807, 2.05) is 30.3 Å². The molecule has 1 fully saturated rings. The van der Waals surface area contributed by atoms with Gasteiger partial charge in [-0.25, -0.2) is 9.18 Å². The first-order valence-corrected chi connectivity index (χ1v) is 10.3. The maximum atomic E-state index is 14.0. The van der Waals surface area contributed by atoms with Gasteiger partial charge in [0.1, 0.15) is 11.9 Å². The second-order valence-electron chi connectivity index (χ2n) is 7.83. The SMILES string of the molecule is CC(=O)Nc1cc(F)cc(C(=O)N2CCN(C(=O)O)[C@H](C(=O)N(C)Cc3ccccc3)C2)c1. The summed E-state index contributed by atoms with van der Waals surface area (Å²) in [6.07, 6.45) is -1.26. The van der Waals surface area contributed by atoms with Gasteiger partial charge in [0.05, 0.1) is 6.54 Å². The molecule has 0 unspecified atom stereocenters. The van der Waals surface area contributed by atoms with Crippen LogP contribution >= 0.6 is 0 Å². The van der Waals surface area contributed by atoms with Crippen molar-refractivity contribution in [1.29, 1.82) is 0 Å². The number of likely N-dealkylation sites (N-methyl/N-ethyl adjacent to an activating group) is 1. The minimum Gasteiger partial charge on any atom is -0.465 e. The summed E-state index contributed by atoms with van der Waals surface area (Å²) < 4.78 is 14.0. The van der Waals surface area contributed by atoms with Crippen molar-refractivity contribution in [3.63, 3.8) is 0 Å². The molecule has 174 valence electrons. The number of benzene rings is 2. The van der Waals surface area contributed by atoms with E-state index in [4.69, 9.17) is 0 Å². The zero-order valence-electron chi connectivity index (χ0n) is 18.3. The fraction of sp³-hybridized carbons (Fsp3) is 0.304. The molecular formula is C23H25FN4O5. The van der Waals surface area contributed by atoms with Crippen LogP contribution in [0.2, 0.25) is 0 Å². The number of carbonyl (C=O) groups is 4. The number of carboxylic acid groups (broad SMARTS) is 1. The highest BCUT2D eigenvalue weighted by Gasteiger charge is 2.38. The number of nitrogens with zero attached hydrogens (tertiary/aromatic N) is 3. The van der Waals surface area contributed by atoms with Crippen LogP contribution in [0, 0.1) is 5.82 Å². The molecule has 1 aliphatic heterocycles. The van der Waals surface area contributed by atoms with Crippen LogP contribution in [0.15, 0.2) is 48.5 Å². The standard InChI is InChI=1S/C23H25FN4O5/c1-15(29)25-19-11-17(10-18(24)12-19)21(30)27-8-9-28(23(32)33)20(14-27)22(31)26(2)13-16-6-4-3-5-7-16/h3-7,10-12,20H,8-9,13-14H2,1-2H3,(H,25,29)(H,32,33)/t20-/m0/s1. The summed E-state index contributed by atoms with van der Waals surface area (Å²) in [6.45, 7) is 1.35. The number of hydrogen-bond donors (Lipinski definition) is 2. The van der Waals surface area contributed by atoms with Gasteiger partial charge >= 0.3 is 6.09 Å². The molecule has 10 heteroatoms. The molecule has 9 nitrogen and oxygen atoms in total. The van der Waals surface area contributed by atoms with E-state index < -0.39 is 35.7 Å². The van der Waals surface area contributed by atoms with Gasteiger partial charge in [-0.1, -0.05) is 30.3 Å². The molecule has 33 heavy (non-hydrogen) atoms. The van der Waals surface area contributed by atoms with Gasteiger partial charge in [0.2, 0.25) is 11.8 Å². The van der Waals surface area contributed by atoms with E-state index >= 15 is 0 Å². The number of amides is 4. The maximum Gasteiger partial charge on any atom is 0.408 e. The molecule has 2 aromatic carbocycles. The molecular weight excluding hydrogens is 431 g/mol. The molecule has 1 aliphatic rings. The number of carbonyl (C=O) groups excluding carboxylic acids is 3. The molecule has 4 amide bonds. The van der Waals surface area contributed by atoms with E-state index in [9.17, 15) is 28.7 Å². The van der Waals surface area contributed by atoms with Crippen molar-refractivity contribution < 1.29 is 28.7 Å². The van der Waals surface area contributed by atoms with Crippen LogP contribution in [0.4, 0.5) is 14.9 Å². The number of rotatable bonds is 5. The van der Waals surface area contributed by atoms with Gasteiger partial charge in [0, 0.05) is 44.9 Å². The number of piperazine rings is 1. The van der Waals surface area contributed by atoms with E-state index in [2.05, 4.69) is 5.32 Å². The first kappa shape index (κ1) is 23.7. The molecule has 2 N–H and O–H groups in total. The van der Waals surface area contributed by atoms with E-state index in [-0.39, 0.29) is 37.4 Å². The highest BCUT2D eigenvalue weighted by molar-refractivity contribution is 5.97. The fourth-order valence-corrected chi connectivity index (χ4v) is 3.77. The summed E-state index contributed by atoms with van der Waals surface area (Å²) in [5, 5.41) is 12.0. The van der Waals surface area contributed by atoms with Gasteiger partial charge < -0.3 is 20.2 Å². The summed E-state index contributed by atoms with van der Waals surface area (Å²) in [5.41, 5.74) is 1.00. The van der Waals surface area contributed by atoms with Crippen molar-refractivity contribution in [3.8, 4) is 0 Å². The molecule has 1 atom stereocenters. The molecule has 1 heterocycles. The predicted molar refractivity (Wildman–Crippen MR) is 118 cm³/mol. The second-order valence-corrected chi connectivity index (χ2v) is 7.83. The van der Waals surface area contributed by atoms with E-state index in [0.29, 0.717) is 0 Å². The Labute approximate surface area is 190 Å². The second kappa shape index (κ2) is 10.1. The monoisotopic (exact) mass is 456 g/mol. The van der Waals surface area contributed by atoms with Crippen LogP contribution in [0.1, 0.15) is 22.8 Å². The minimum absolute atomic E-state index is 0.00800. The molecule has 0 saturated carbocycles. The van der Waals surface area contributed by atoms with Crippen molar-refractivity contribution in [2.24, 2.45) is 0 Å². The van der Waals surface area contributed by atoms with E-state index in [1.54, 1.807) is 7.05 Å². The van der Waals surface area contributed by atoms with Crippen molar-refractivity contribution in [2.45, 2.75) is 19.5 Å². The Bertz CT molecular complexity index is 1060. The van der Waals surface area contributed by atoms with Gasteiger partial charge in [0.25, 0.3) is 5.91 Å². The highest BCUT2D eigenvalue weighted by Crippen LogP contribution is 2.20. The molecule has 0 spiro atoms. The average molecular weight is 456 g/mol. The lowest BCUT2D eigenvalue weighted by molar-refractivity contribution is -0.137. The summed E-state index contributed by atoms with van der Waals surface area (Å²) >= 11 is 0. The van der Waals surface area contributed by atoms with Crippen LogP contribution in [-0.4, -0.2) is 76.3 Å². The normalized spacial score (nSPS) is 15.7. The maximum absolute atomic E-state index is 14.0. The van der Waals surface area contributed by atoms with Crippen LogP contribution in [0.25, 0.3) is 0 Å². The Morgan fingerprint density at radius 1 is 1.12 bits per heavy atom. The Morgan fingerprint density at radius 3 is 2.45 bits per heavy atom. The molecule has 0 bridgehead atoms. The third-order valence-corrected chi connectivity index (χ3v) is 5.30. The lowest BCUT2D eigenvalue weighted by Crippen LogP contribution is -2.61.